The Labute approximate surface area is 269 Å². The van der Waals surface area contributed by atoms with Crippen LogP contribution in [0.1, 0.15) is 48.8 Å². The first-order valence-electron chi connectivity index (χ1n) is 16.2. The first kappa shape index (κ1) is 31.3. The summed E-state index contributed by atoms with van der Waals surface area (Å²) in [7, 11) is 1.84. The maximum Gasteiger partial charge on any atom is 0.243 e. The summed E-state index contributed by atoms with van der Waals surface area (Å²) in [6.45, 7) is 2.84. The van der Waals surface area contributed by atoms with Crippen molar-refractivity contribution in [2.24, 2.45) is 13.0 Å². The number of nitrogens with one attached hydrogen (secondary N) is 2. The lowest BCUT2D eigenvalue weighted by atomic mass is 9.97. The number of aryl methyl sites for hydroxylation is 1. The van der Waals surface area contributed by atoms with Crippen molar-refractivity contribution in [1.82, 2.24) is 40.4 Å². The van der Waals surface area contributed by atoms with Crippen molar-refractivity contribution in [2.75, 3.05) is 19.6 Å². The predicted octanol–water partition coefficient (Wildman–Crippen LogP) is 3.00. The van der Waals surface area contributed by atoms with Crippen LogP contribution in [0.25, 0.3) is 11.0 Å². The first-order valence-corrected chi connectivity index (χ1v) is 16.2. The van der Waals surface area contributed by atoms with Crippen LogP contribution in [0.2, 0.25) is 0 Å². The Morgan fingerprint density at radius 1 is 0.935 bits per heavy atom. The Kier molecular flexibility index (Phi) is 9.97. The highest BCUT2D eigenvalue weighted by atomic mass is 16.2. The number of hydrogen-bond acceptors (Lipinski definition) is 7. The highest BCUT2D eigenvalue weighted by Gasteiger charge is 2.41. The van der Waals surface area contributed by atoms with Crippen molar-refractivity contribution in [3.05, 3.63) is 89.7 Å². The molecular formula is C35H42N8O3. The molecule has 0 bridgehead atoms. The molecule has 0 radical (unpaired) electrons. The van der Waals surface area contributed by atoms with Crippen molar-refractivity contribution in [3.63, 3.8) is 0 Å². The summed E-state index contributed by atoms with van der Waals surface area (Å²) in [6.07, 6.45) is 7.55. The van der Waals surface area contributed by atoms with E-state index in [2.05, 4.69) is 25.9 Å². The maximum atomic E-state index is 14.4. The fourth-order valence-electron chi connectivity index (χ4n) is 6.66. The van der Waals surface area contributed by atoms with Crippen LogP contribution >= 0.6 is 0 Å². The van der Waals surface area contributed by atoms with E-state index < -0.39 is 12.1 Å². The van der Waals surface area contributed by atoms with Crippen molar-refractivity contribution in [2.45, 2.75) is 63.7 Å². The summed E-state index contributed by atoms with van der Waals surface area (Å²) in [6, 6.07) is 18.5. The van der Waals surface area contributed by atoms with Gasteiger partial charge in [0.1, 0.15) is 11.6 Å². The van der Waals surface area contributed by atoms with Gasteiger partial charge in [0.15, 0.2) is 0 Å². The molecule has 11 nitrogen and oxygen atoms in total. The third-order valence-corrected chi connectivity index (χ3v) is 9.19. The molecule has 2 saturated heterocycles. The van der Waals surface area contributed by atoms with Crippen LogP contribution < -0.4 is 10.6 Å². The molecule has 2 aromatic heterocycles. The minimum atomic E-state index is -0.616. The molecule has 0 spiro atoms. The van der Waals surface area contributed by atoms with Gasteiger partial charge < -0.3 is 20.4 Å². The Morgan fingerprint density at radius 2 is 1.72 bits per heavy atom. The molecular weight excluding hydrogens is 580 g/mol. The number of hydrogen-bond donors (Lipinski definition) is 2. The molecule has 4 heterocycles. The summed E-state index contributed by atoms with van der Waals surface area (Å²) in [5.74, 6) is -0.120. The molecule has 0 aliphatic carbocycles. The normalized spacial score (nSPS) is 18.6. The molecule has 2 aliphatic heterocycles. The van der Waals surface area contributed by atoms with Gasteiger partial charge in [0.25, 0.3) is 0 Å². The van der Waals surface area contributed by atoms with E-state index in [1.807, 2.05) is 72.6 Å². The van der Waals surface area contributed by atoms with Crippen LogP contribution in [0.5, 0.6) is 0 Å². The molecule has 46 heavy (non-hydrogen) atoms. The number of benzene rings is 2. The Morgan fingerprint density at radius 3 is 2.50 bits per heavy atom. The number of carbonyl (C=O) groups is 3. The van der Waals surface area contributed by atoms with E-state index in [-0.39, 0.29) is 30.1 Å². The fourth-order valence-corrected chi connectivity index (χ4v) is 6.66. The lowest BCUT2D eigenvalue weighted by molar-refractivity contribution is -0.140. The summed E-state index contributed by atoms with van der Waals surface area (Å²) in [5.41, 5.74) is 4.77. The monoisotopic (exact) mass is 622 g/mol. The van der Waals surface area contributed by atoms with Gasteiger partial charge in [-0.2, -0.15) is 0 Å². The van der Waals surface area contributed by atoms with Gasteiger partial charge in [0.2, 0.25) is 17.7 Å². The van der Waals surface area contributed by atoms with Crippen LogP contribution in [0.4, 0.5) is 0 Å². The molecule has 3 amide bonds. The van der Waals surface area contributed by atoms with Gasteiger partial charge >= 0.3 is 0 Å². The van der Waals surface area contributed by atoms with Gasteiger partial charge in [0, 0.05) is 58.6 Å². The van der Waals surface area contributed by atoms with E-state index in [1.165, 1.54) is 0 Å². The average molecular weight is 623 g/mol. The summed E-state index contributed by atoms with van der Waals surface area (Å²) in [4.78, 5) is 49.0. The highest BCUT2D eigenvalue weighted by Crippen LogP contribution is 2.28. The van der Waals surface area contributed by atoms with E-state index in [0.717, 1.165) is 60.1 Å². The van der Waals surface area contributed by atoms with Crippen molar-refractivity contribution in [3.8, 4) is 0 Å². The molecule has 0 saturated carbocycles. The second kappa shape index (κ2) is 14.6. The molecule has 6 rings (SSSR count). The largest absolute Gasteiger partial charge is 0.350 e. The third-order valence-electron chi connectivity index (χ3n) is 9.19. The molecule has 3 unspecified atom stereocenters. The molecule has 4 aromatic rings. The lowest BCUT2D eigenvalue weighted by Gasteiger charge is -2.29. The molecule has 2 aromatic carbocycles. The van der Waals surface area contributed by atoms with E-state index in [0.29, 0.717) is 32.5 Å². The number of nitrogens with zero attached hydrogens (tertiary/aromatic N) is 6. The Hall–Kier alpha value is -4.64. The second-order valence-electron chi connectivity index (χ2n) is 12.5. The zero-order chi connectivity index (χ0) is 31.9. The van der Waals surface area contributed by atoms with Gasteiger partial charge in [-0.05, 0) is 79.0 Å². The number of rotatable bonds is 12. The van der Waals surface area contributed by atoms with Crippen molar-refractivity contribution >= 4 is 28.8 Å². The molecule has 2 aliphatic rings. The molecule has 11 heteroatoms. The first-order chi connectivity index (χ1) is 22.4. The summed E-state index contributed by atoms with van der Waals surface area (Å²) in [5, 5.41) is 14.8. The molecule has 240 valence electrons. The average Bonchev–Trinajstić information content (AvgIpc) is 3.85. The highest BCUT2D eigenvalue weighted by molar-refractivity contribution is 5.91. The van der Waals surface area contributed by atoms with E-state index >= 15 is 0 Å². The van der Waals surface area contributed by atoms with Gasteiger partial charge in [-0.1, -0.05) is 41.6 Å². The van der Waals surface area contributed by atoms with Gasteiger partial charge in [-0.25, -0.2) is 4.68 Å². The van der Waals surface area contributed by atoms with Crippen LogP contribution in [0.3, 0.4) is 0 Å². The number of fused-ring (bicyclic) bond motifs is 1. The van der Waals surface area contributed by atoms with Gasteiger partial charge in [0.05, 0.1) is 11.6 Å². The topological polar surface area (TPSA) is 125 Å². The van der Waals surface area contributed by atoms with E-state index in [4.69, 9.17) is 0 Å². The van der Waals surface area contributed by atoms with Crippen molar-refractivity contribution < 1.29 is 14.4 Å². The minimum absolute atomic E-state index is 0.0863. The lowest BCUT2D eigenvalue weighted by Crippen LogP contribution is -2.52. The zero-order valence-electron chi connectivity index (χ0n) is 26.3. The van der Waals surface area contributed by atoms with Gasteiger partial charge in [-0.3, -0.25) is 19.4 Å². The van der Waals surface area contributed by atoms with E-state index in [1.54, 1.807) is 22.0 Å². The SMILES string of the molecule is Cn1nnc2cc(CNC(=O)C3CC(Cc4ccncc4)CN3C(=O)C(CCC(=O)N3CCCC3)NCc3ccccc3)ccc21. The third kappa shape index (κ3) is 7.59. The van der Waals surface area contributed by atoms with Crippen LogP contribution in [-0.4, -0.2) is 79.2 Å². The molecule has 2 fully saturated rings. The van der Waals surface area contributed by atoms with Gasteiger partial charge in [-0.15, -0.1) is 5.10 Å². The van der Waals surface area contributed by atoms with Crippen molar-refractivity contribution in [1.29, 1.82) is 0 Å². The summed E-state index contributed by atoms with van der Waals surface area (Å²) >= 11 is 0. The maximum absolute atomic E-state index is 14.4. The minimum Gasteiger partial charge on any atom is -0.350 e. The second-order valence-corrected chi connectivity index (χ2v) is 12.5. The Bertz CT molecular complexity index is 1640. The van der Waals surface area contributed by atoms with Crippen LogP contribution in [-0.2, 0) is 40.9 Å². The summed E-state index contributed by atoms with van der Waals surface area (Å²) < 4.78 is 1.71. The number of likely N-dealkylation sites (tertiary alicyclic amines) is 2. The molecule has 3 atom stereocenters. The fraction of sp³-hybridized carbons (Fsp3) is 0.429. The smallest absolute Gasteiger partial charge is 0.243 e. The van der Waals surface area contributed by atoms with Crippen LogP contribution in [0.15, 0.2) is 73.1 Å². The van der Waals surface area contributed by atoms with Crippen LogP contribution in [0, 0.1) is 5.92 Å². The standard InChI is InChI=1S/C35H42N8O3/c1-41-31-11-9-27(20-30(31)39-40-41)23-38-34(45)32-21-28(19-25-13-15-36-16-14-25)24-43(32)35(46)29(37-22-26-7-3-2-4-8-26)10-12-33(44)42-17-5-6-18-42/h2-4,7-9,11,13-16,20,28-29,32,37H,5-6,10,12,17-19,21-24H2,1H3,(H,38,45). The Balaban J connectivity index is 1.18. The number of carbonyl (C=O) groups excluding carboxylic acids is 3. The zero-order valence-corrected chi connectivity index (χ0v) is 26.3. The van der Waals surface area contributed by atoms with E-state index in [9.17, 15) is 14.4 Å². The quantitative estimate of drug-likeness (QED) is 0.249. The molecule has 2 N–H and O–H groups in total. The number of pyridine rings is 1. The number of amides is 3. The number of aromatic nitrogens is 4. The predicted molar refractivity (Wildman–Crippen MR) is 174 cm³/mol.